The first-order valence-corrected chi connectivity index (χ1v) is 6.54. The Balaban J connectivity index is 1.72. The van der Waals surface area contributed by atoms with E-state index in [2.05, 4.69) is 24.3 Å². The lowest BCUT2D eigenvalue weighted by molar-refractivity contribution is 0.0263. The summed E-state index contributed by atoms with van der Waals surface area (Å²) in [6.45, 7) is 0. The van der Waals surface area contributed by atoms with Crippen molar-refractivity contribution in [1.29, 1.82) is 0 Å². The molecule has 0 amide bonds. The molecule has 0 aliphatic heterocycles. The van der Waals surface area contributed by atoms with Gasteiger partial charge in [0, 0.05) is 12.8 Å². The van der Waals surface area contributed by atoms with Crippen LogP contribution in [0.4, 0.5) is 0 Å². The van der Waals surface area contributed by atoms with Gasteiger partial charge in [0.2, 0.25) is 0 Å². The molecule has 0 spiro atoms. The zero-order valence-electron chi connectivity index (χ0n) is 9.78. The lowest BCUT2D eigenvalue weighted by atomic mass is 9.87. The van der Waals surface area contributed by atoms with Crippen molar-refractivity contribution in [3.05, 3.63) is 35.4 Å². The largest absolute Gasteiger partial charge is 0.389 e. The highest BCUT2D eigenvalue weighted by Gasteiger charge is 2.37. The topological polar surface area (TPSA) is 20.2 Å². The van der Waals surface area contributed by atoms with Gasteiger partial charge in [0.25, 0.3) is 0 Å². The fraction of sp³-hybridized carbons (Fsp3) is 0.600. The van der Waals surface area contributed by atoms with E-state index in [-0.39, 0.29) is 0 Å². The molecule has 1 fully saturated rings. The van der Waals surface area contributed by atoms with Crippen molar-refractivity contribution in [3.63, 3.8) is 0 Å². The Bertz CT molecular complexity index is 352. The maximum absolute atomic E-state index is 10.7. The predicted octanol–water partition coefficient (Wildman–Crippen LogP) is 3.10. The Morgan fingerprint density at radius 3 is 2.19 bits per heavy atom. The van der Waals surface area contributed by atoms with Crippen LogP contribution in [0.2, 0.25) is 0 Å². The molecule has 1 aromatic carbocycles. The van der Waals surface area contributed by atoms with Gasteiger partial charge in [-0.25, -0.2) is 0 Å². The summed E-state index contributed by atoms with van der Waals surface area (Å²) >= 11 is 0. The number of rotatable bonds is 2. The quantitative estimate of drug-likeness (QED) is 0.805. The van der Waals surface area contributed by atoms with Gasteiger partial charge in [0.05, 0.1) is 5.60 Å². The highest BCUT2D eigenvalue weighted by atomic mass is 16.3. The molecular weight excluding hydrogens is 196 g/mol. The molecule has 0 bridgehead atoms. The van der Waals surface area contributed by atoms with Gasteiger partial charge in [-0.1, -0.05) is 49.9 Å². The van der Waals surface area contributed by atoms with Gasteiger partial charge >= 0.3 is 0 Å². The summed E-state index contributed by atoms with van der Waals surface area (Å²) in [6.07, 6.45) is 8.17. The standard InChI is InChI=1S/C15H20O/c16-15(9-12-5-1-2-6-12)10-13-7-3-4-8-14(13)11-15/h3-4,7-8,12,16H,1-2,5-6,9-11H2. The Labute approximate surface area is 97.5 Å². The molecule has 1 N–H and O–H groups in total. The van der Waals surface area contributed by atoms with Crippen molar-refractivity contribution in [3.8, 4) is 0 Å². The van der Waals surface area contributed by atoms with E-state index in [9.17, 15) is 5.11 Å². The van der Waals surface area contributed by atoms with E-state index >= 15 is 0 Å². The van der Waals surface area contributed by atoms with E-state index in [1.807, 2.05) is 0 Å². The van der Waals surface area contributed by atoms with Crippen LogP contribution in [0.25, 0.3) is 0 Å². The van der Waals surface area contributed by atoms with Crippen LogP contribution in [-0.2, 0) is 12.8 Å². The zero-order valence-corrected chi connectivity index (χ0v) is 9.78. The molecule has 0 radical (unpaired) electrons. The van der Waals surface area contributed by atoms with E-state index in [0.29, 0.717) is 0 Å². The number of hydrogen-bond acceptors (Lipinski definition) is 1. The third-order valence-electron chi connectivity index (χ3n) is 4.30. The van der Waals surface area contributed by atoms with Gasteiger partial charge in [-0.2, -0.15) is 0 Å². The summed E-state index contributed by atoms with van der Waals surface area (Å²) in [5, 5.41) is 10.7. The Kier molecular flexibility index (Phi) is 2.51. The average molecular weight is 216 g/mol. The van der Waals surface area contributed by atoms with Crippen molar-refractivity contribution >= 4 is 0 Å². The van der Waals surface area contributed by atoms with Gasteiger partial charge in [-0.15, -0.1) is 0 Å². The molecule has 0 heterocycles. The third kappa shape index (κ3) is 1.89. The van der Waals surface area contributed by atoms with Crippen LogP contribution in [0.3, 0.4) is 0 Å². The number of fused-ring (bicyclic) bond motifs is 1. The molecule has 3 rings (SSSR count). The average Bonchev–Trinajstić information content (AvgIpc) is 2.83. The maximum Gasteiger partial charge on any atom is 0.0730 e. The minimum atomic E-state index is -0.432. The first-order chi connectivity index (χ1) is 7.75. The van der Waals surface area contributed by atoms with Crippen molar-refractivity contribution in [2.45, 2.75) is 50.5 Å². The number of aliphatic hydroxyl groups is 1. The molecular formula is C15H20O. The number of benzene rings is 1. The van der Waals surface area contributed by atoms with Crippen LogP contribution in [0.1, 0.15) is 43.2 Å². The molecule has 86 valence electrons. The first kappa shape index (κ1) is 10.3. The highest BCUT2D eigenvalue weighted by molar-refractivity contribution is 5.35. The van der Waals surface area contributed by atoms with E-state index in [4.69, 9.17) is 0 Å². The maximum atomic E-state index is 10.7. The van der Waals surface area contributed by atoms with Gasteiger partial charge in [-0.05, 0) is 23.5 Å². The Hall–Kier alpha value is -0.820. The molecule has 2 aliphatic rings. The fourth-order valence-electron chi connectivity index (χ4n) is 3.57. The van der Waals surface area contributed by atoms with Crippen molar-refractivity contribution in [2.75, 3.05) is 0 Å². The Morgan fingerprint density at radius 2 is 1.62 bits per heavy atom. The predicted molar refractivity (Wildman–Crippen MR) is 65.4 cm³/mol. The first-order valence-electron chi connectivity index (χ1n) is 6.54. The van der Waals surface area contributed by atoms with E-state index in [1.165, 1.54) is 36.8 Å². The van der Waals surface area contributed by atoms with Crippen LogP contribution < -0.4 is 0 Å². The second-order valence-electron chi connectivity index (χ2n) is 5.70. The highest BCUT2D eigenvalue weighted by Crippen LogP contribution is 2.38. The molecule has 1 saturated carbocycles. The molecule has 0 unspecified atom stereocenters. The van der Waals surface area contributed by atoms with Gasteiger partial charge in [0.1, 0.15) is 0 Å². The fourth-order valence-corrected chi connectivity index (χ4v) is 3.57. The molecule has 1 heteroatoms. The molecule has 1 nitrogen and oxygen atoms in total. The molecule has 0 saturated heterocycles. The summed E-state index contributed by atoms with van der Waals surface area (Å²) in [4.78, 5) is 0. The number of hydrogen-bond donors (Lipinski definition) is 1. The lowest BCUT2D eigenvalue weighted by Crippen LogP contribution is -2.31. The molecule has 0 aromatic heterocycles. The van der Waals surface area contributed by atoms with Crippen LogP contribution in [-0.4, -0.2) is 10.7 Å². The zero-order chi connectivity index (χ0) is 11.0. The minimum absolute atomic E-state index is 0.432. The third-order valence-corrected chi connectivity index (χ3v) is 4.30. The SMILES string of the molecule is OC1(CC2CCCC2)Cc2ccccc2C1. The molecule has 2 aliphatic carbocycles. The van der Waals surface area contributed by atoms with E-state index in [0.717, 1.165) is 25.2 Å². The van der Waals surface area contributed by atoms with E-state index in [1.54, 1.807) is 0 Å². The summed E-state index contributed by atoms with van der Waals surface area (Å²) in [6, 6.07) is 8.50. The Morgan fingerprint density at radius 1 is 1.06 bits per heavy atom. The normalized spacial score (nSPS) is 23.6. The second-order valence-corrected chi connectivity index (χ2v) is 5.70. The lowest BCUT2D eigenvalue weighted by Gasteiger charge is -2.25. The molecule has 1 aromatic rings. The monoisotopic (exact) mass is 216 g/mol. The second kappa shape index (κ2) is 3.89. The minimum Gasteiger partial charge on any atom is -0.389 e. The van der Waals surface area contributed by atoms with Crippen molar-refractivity contribution < 1.29 is 5.11 Å². The van der Waals surface area contributed by atoms with E-state index < -0.39 is 5.60 Å². The van der Waals surface area contributed by atoms with Crippen LogP contribution in [0, 0.1) is 5.92 Å². The summed E-state index contributed by atoms with van der Waals surface area (Å²) in [5.74, 6) is 0.777. The van der Waals surface area contributed by atoms with Crippen molar-refractivity contribution in [1.82, 2.24) is 0 Å². The summed E-state index contributed by atoms with van der Waals surface area (Å²) in [7, 11) is 0. The van der Waals surface area contributed by atoms with Crippen molar-refractivity contribution in [2.24, 2.45) is 5.92 Å². The molecule has 16 heavy (non-hydrogen) atoms. The van der Waals surface area contributed by atoms with Gasteiger partial charge < -0.3 is 5.11 Å². The van der Waals surface area contributed by atoms with Crippen LogP contribution >= 0.6 is 0 Å². The summed E-state index contributed by atoms with van der Waals surface area (Å²) < 4.78 is 0. The van der Waals surface area contributed by atoms with Gasteiger partial charge in [0.15, 0.2) is 0 Å². The van der Waals surface area contributed by atoms with Crippen LogP contribution in [0.5, 0.6) is 0 Å². The van der Waals surface area contributed by atoms with Gasteiger partial charge in [-0.3, -0.25) is 0 Å². The summed E-state index contributed by atoms with van der Waals surface area (Å²) in [5.41, 5.74) is 2.30. The molecule has 0 atom stereocenters. The smallest absolute Gasteiger partial charge is 0.0730 e. The van der Waals surface area contributed by atoms with Crippen LogP contribution in [0.15, 0.2) is 24.3 Å².